The summed E-state index contributed by atoms with van der Waals surface area (Å²) in [6.07, 6.45) is 0. The van der Waals surface area contributed by atoms with Gasteiger partial charge in [0.15, 0.2) is 0 Å². The van der Waals surface area contributed by atoms with Crippen molar-refractivity contribution >= 4 is 34.5 Å². The minimum absolute atomic E-state index is 0.102. The van der Waals surface area contributed by atoms with Crippen LogP contribution in [0.5, 0.6) is 0 Å². The highest BCUT2D eigenvalue weighted by Gasteiger charge is 2.26. The van der Waals surface area contributed by atoms with Crippen molar-refractivity contribution in [2.45, 2.75) is 19.9 Å². The van der Waals surface area contributed by atoms with Crippen LogP contribution in [0, 0.1) is 15.3 Å². The molecule has 0 aliphatic heterocycles. The number of esters is 1. The number of hydrogen-bond acceptors (Lipinski definition) is 3. The van der Waals surface area contributed by atoms with Gasteiger partial charge in [-0.2, -0.15) is 0 Å². The molecule has 1 atom stereocenters. The number of rotatable bonds is 4. The van der Waals surface area contributed by atoms with Crippen molar-refractivity contribution in [3.8, 4) is 0 Å². The second-order valence-electron chi connectivity index (χ2n) is 4.34. The largest absolute Gasteiger partial charge is 0.467 e. The Labute approximate surface area is 124 Å². The molecule has 6 heteroatoms. The van der Waals surface area contributed by atoms with Crippen molar-refractivity contribution in [1.82, 2.24) is 5.32 Å². The van der Waals surface area contributed by atoms with E-state index in [1.54, 1.807) is 13.8 Å². The predicted molar refractivity (Wildman–Crippen MR) is 77.2 cm³/mol. The molecule has 19 heavy (non-hydrogen) atoms. The second kappa shape index (κ2) is 6.83. The van der Waals surface area contributed by atoms with E-state index in [1.165, 1.54) is 25.3 Å². The summed E-state index contributed by atoms with van der Waals surface area (Å²) in [4.78, 5) is 23.6. The number of halogens is 2. The first-order valence-electron chi connectivity index (χ1n) is 5.70. The van der Waals surface area contributed by atoms with E-state index in [4.69, 9.17) is 0 Å². The fraction of sp³-hybridized carbons (Fsp3) is 0.385. The molecule has 0 saturated heterocycles. The van der Waals surface area contributed by atoms with Crippen molar-refractivity contribution in [2.75, 3.05) is 7.11 Å². The van der Waals surface area contributed by atoms with Gasteiger partial charge in [-0.15, -0.1) is 0 Å². The molecule has 1 rings (SSSR count). The Morgan fingerprint density at radius 3 is 2.47 bits per heavy atom. The first kappa shape index (κ1) is 15.9. The van der Waals surface area contributed by atoms with E-state index in [2.05, 4.69) is 10.1 Å². The zero-order chi connectivity index (χ0) is 14.6. The summed E-state index contributed by atoms with van der Waals surface area (Å²) in [5.41, 5.74) is 0.330. The van der Waals surface area contributed by atoms with Crippen LogP contribution in [0.3, 0.4) is 0 Å². The quantitative estimate of drug-likeness (QED) is 0.646. The number of amides is 1. The first-order valence-corrected chi connectivity index (χ1v) is 6.78. The van der Waals surface area contributed by atoms with E-state index < -0.39 is 23.7 Å². The number of benzene rings is 1. The summed E-state index contributed by atoms with van der Waals surface area (Å²) < 4.78 is 18.1. The Balaban J connectivity index is 2.91. The van der Waals surface area contributed by atoms with Crippen molar-refractivity contribution in [3.05, 3.63) is 33.1 Å². The summed E-state index contributed by atoms with van der Waals surface area (Å²) in [6, 6.07) is 3.14. The zero-order valence-electron chi connectivity index (χ0n) is 10.9. The lowest BCUT2D eigenvalue weighted by molar-refractivity contribution is -0.144. The molecule has 0 saturated carbocycles. The third-order valence-corrected chi connectivity index (χ3v) is 3.48. The second-order valence-corrected chi connectivity index (χ2v) is 5.50. The molecule has 1 aromatic rings. The number of carbonyl (C=O) groups excluding carboxylic acids is 2. The first-order chi connectivity index (χ1) is 8.86. The number of ether oxygens (including phenoxy) is 1. The number of methoxy groups -OCH3 is 1. The van der Waals surface area contributed by atoms with Gasteiger partial charge in [-0.1, -0.05) is 13.8 Å². The number of carbonyl (C=O) groups is 2. The van der Waals surface area contributed by atoms with Gasteiger partial charge >= 0.3 is 5.97 Å². The minimum Gasteiger partial charge on any atom is -0.467 e. The van der Waals surface area contributed by atoms with E-state index in [0.717, 1.165) is 0 Å². The van der Waals surface area contributed by atoms with E-state index in [0.29, 0.717) is 9.13 Å². The highest BCUT2D eigenvalue weighted by Crippen LogP contribution is 2.15. The smallest absolute Gasteiger partial charge is 0.328 e. The lowest BCUT2D eigenvalue weighted by Crippen LogP contribution is -2.45. The summed E-state index contributed by atoms with van der Waals surface area (Å²) >= 11 is 1.87. The zero-order valence-corrected chi connectivity index (χ0v) is 13.0. The summed E-state index contributed by atoms with van der Waals surface area (Å²) in [5.74, 6) is -1.43. The maximum Gasteiger partial charge on any atom is 0.328 e. The van der Waals surface area contributed by atoms with Crippen molar-refractivity contribution in [3.63, 3.8) is 0 Å². The van der Waals surface area contributed by atoms with E-state index in [-0.39, 0.29) is 5.92 Å². The fourth-order valence-electron chi connectivity index (χ4n) is 1.52. The molecule has 4 nitrogen and oxygen atoms in total. The van der Waals surface area contributed by atoms with Crippen LogP contribution >= 0.6 is 22.6 Å². The summed E-state index contributed by atoms with van der Waals surface area (Å²) in [6.45, 7) is 3.61. The van der Waals surface area contributed by atoms with Gasteiger partial charge in [-0.25, -0.2) is 9.18 Å². The van der Waals surface area contributed by atoms with Gasteiger partial charge in [0.25, 0.3) is 5.91 Å². The summed E-state index contributed by atoms with van der Waals surface area (Å²) in [7, 11) is 1.27. The molecular weight excluding hydrogens is 364 g/mol. The lowest BCUT2D eigenvalue weighted by atomic mass is 10.0. The third-order valence-electron chi connectivity index (χ3n) is 2.58. The SMILES string of the molecule is COC(=O)C(NC(=O)c1ccc(F)cc1I)C(C)C. The predicted octanol–water partition coefficient (Wildman–Crippen LogP) is 2.36. The molecule has 0 aromatic heterocycles. The molecule has 1 amide bonds. The monoisotopic (exact) mass is 379 g/mol. The normalized spacial score (nSPS) is 12.1. The Kier molecular flexibility index (Phi) is 5.71. The van der Waals surface area contributed by atoms with Crippen LogP contribution in [0.25, 0.3) is 0 Å². The maximum atomic E-state index is 13.0. The molecule has 0 heterocycles. The lowest BCUT2D eigenvalue weighted by Gasteiger charge is -2.20. The third kappa shape index (κ3) is 4.15. The Morgan fingerprint density at radius 2 is 2.00 bits per heavy atom. The highest BCUT2D eigenvalue weighted by molar-refractivity contribution is 14.1. The van der Waals surface area contributed by atoms with Gasteiger partial charge in [0.2, 0.25) is 0 Å². The molecule has 0 radical (unpaired) electrons. The van der Waals surface area contributed by atoms with Crippen LogP contribution in [-0.4, -0.2) is 25.0 Å². The Hall–Kier alpha value is -1.18. The molecule has 104 valence electrons. The van der Waals surface area contributed by atoms with Crippen LogP contribution in [-0.2, 0) is 9.53 Å². The van der Waals surface area contributed by atoms with E-state index >= 15 is 0 Å². The van der Waals surface area contributed by atoms with Gasteiger partial charge in [-0.05, 0) is 46.7 Å². The average molecular weight is 379 g/mol. The van der Waals surface area contributed by atoms with Crippen LogP contribution < -0.4 is 5.32 Å². The molecular formula is C13H15FINO3. The van der Waals surface area contributed by atoms with Crippen LogP contribution in [0.1, 0.15) is 24.2 Å². The van der Waals surface area contributed by atoms with Crippen molar-refractivity contribution < 1.29 is 18.7 Å². The van der Waals surface area contributed by atoms with Crippen molar-refractivity contribution in [1.29, 1.82) is 0 Å². The topological polar surface area (TPSA) is 55.4 Å². The molecule has 0 aliphatic rings. The van der Waals surface area contributed by atoms with E-state index in [9.17, 15) is 14.0 Å². The standard InChI is InChI=1S/C13H15FINO3/c1-7(2)11(13(18)19-3)16-12(17)9-5-4-8(14)6-10(9)15/h4-7,11H,1-3H3,(H,16,17). The van der Waals surface area contributed by atoms with Crippen molar-refractivity contribution in [2.24, 2.45) is 5.92 Å². The van der Waals surface area contributed by atoms with E-state index in [1.807, 2.05) is 22.6 Å². The molecule has 1 N–H and O–H groups in total. The maximum absolute atomic E-state index is 13.0. The van der Waals surface area contributed by atoms with Gasteiger partial charge in [0.05, 0.1) is 12.7 Å². The van der Waals surface area contributed by atoms with Gasteiger partial charge in [0.1, 0.15) is 11.9 Å². The Bertz CT molecular complexity index is 491. The van der Waals surface area contributed by atoms with Gasteiger partial charge < -0.3 is 10.1 Å². The summed E-state index contributed by atoms with van der Waals surface area (Å²) in [5, 5.41) is 2.60. The van der Waals surface area contributed by atoms with Gasteiger partial charge in [-0.3, -0.25) is 4.79 Å². The van der Waals surface area contributed by atoms with Crippen LogP contribution in [0.2, 0.25) is 0 Å². The molecule has 0 fully saturated rings. The van der Waals surface area contributed by atoms with Crippen LogP contribution in [0.4, 0.5) is 4.39 Å². The number of nitrogens with one attached hydrogen (secondary N) is 1. The molecule has 0 aliphatic carbocycles. The van der Waals surface area contributed by atoms with Crippen LogP contribution in [0.15, 0.2) is 18.2 Å². The minimum atomic E-state index is -0.724. The molecule has 1 aromatic carbocycles. The highest BCUT2D eigenvalue weighted by atomic mass is 127. The number of hydrogen-bond donors (Lipinski definition) is 1. The average Bonchev–Trinajstić information content (AvgIpc) is 2.34. The molecule has 1 unspecified atom stereocenters. The van der Waals surface area contributed by atoms with Gasteiger partial charge in [0, 0.05) is 3.57 Å². The molecule has 0 spiro atoms. The fourth-order valence-corrected chi connectivity index (χ4v) is 2.24. The molecule has 0 bridgehead atoms. The Morgan fingerprint density at radius 1 is 1.37 bits per heavy atom.